The summed E-state index contributed by atoms with van der Waals surface area (Å²) in [5.41, 5.74) is 5.90. The molecule has 66 heavy (non-hydrogen) atoms. The molecular formula is C46H72N8O12. The summed E-state index contributed by atoms with van der Waals surface area (Å²) in [7, 11) is 1.38. The molecule has 2 heterocycles. The number of aromatic hydroxyl groups is 1. The molecule has 1 aromatic carbocycles. The van der Waals surface area contributed by atoms with Crippen molar-refractivity contribution in [3.8, 4) is 5.75 Å². The van der Waals surface area contributed by atoms with Crippen molar-refractivity contribution in [3.63, 3.8) is 0 Å². The quantitative estimate of drug-likeness (QED) is 0.112. The monoisotopic (exact) mass is 929 g/mol. The van der Waals surface area contributed by atoms with Gasteiger partial charge in [-0.15, -0.1) is 0 Å². The van der Waals surface area contributed by atoms with Gasteiger partial charge in [0.2, 0.25) is 47.3 Å². The fraction of sp³-hybridized carbons (Fsp3) is 0.674. The van der Waals surface area contributed by atoms with Crippen LogP contribution >= 0.6 is 0 Å². The van der Waals surface area contributed by atoms with Gasteiger partial charge in [-0.05, 0) is 68.1 Å². The van der Waals surface area contributed by atoms with Gasteiger partial charge in [0.25, 0.3) is 0 Å². The van der Waals surface area contributed by atoms with E-state index in [2.05, 4.69) is 26.6 Å². The maximum atomic E-state index is 14.9. The van der Waals surface area contributed by atoms with E-state index in [9.17, 15) is 53.4 Å². The van der Waals surface area contributed by atoms with E-state index < -0.39 is 126 Å². The second kappa shape index (κ2) is 24.7. The first-order chi connectivity index (χ1) is 30.9. The number of fused-ring (bicyclic) bond motifs is 2. The molecule has 368 valence electrons. The second-order valence-electron chi connectivity index (χ2n) is 18.4. The highest BCUT2D eigenvalue weighted by Crippen LogP contribution is 2.28. The molecule has 2 fully saturated rings. The molecule has 0 spiro atoms. The molecule has 0 radical (unpaired) electrons. The minimum Gasteiger partial charge on any atom is -0.508 e. The van der Waals surface area contributed by atoms with Gasteiger partial charge in [0.1, 0.15) is 60.4 Å². The molecule has 20 nitrogen and oxygen atoms in total. The van der Waals surface area contributed by atoms with Gasteiger partial charge < -0.3 is 57.1 Å². The number of likely N-dealkylation sites (N-methyl/N-ethyl adjacent to an activating group) is 1. The number of rotatable bonds is 15. The lowest BCUT2D eigenvalue weighted by Crippen LogP contribution is -2.66. The normalized spacial score (nSPS) is 26.4. The van der Waals surface area contributed by atoms with Gasteiger partial charge in [-0.25, -0.2) is 4.79 Å². The zero-order chi connectivity index (χ0) is 49.7. The van der Waals surface area contributed by atoms with Crippen LogP contribution in [0.2, 0.25) is 0 Å². The maximum absolute atomic E-state index is 14.9. The van der Waals surface area contributed by atoms with E-state index in [1.165, 1.54) is 26.1 Å². The minimum absolute atomic E-state index is 0.0226. The number of benzene rings is 1. The second-order valence-corrected chi connectivity index (χ2v) is 18.4. The van der Waals surface area contributed by atoms with Gasteiger partial charge in [-0.2, -0.15) is 0 Å². The molecule has 1 aromatic rings. The lowest BCUT2D eigenvalue weighted by Gasteiger charge is -2.44. The summed E-state index contributed by atoms with van der Waals surface area (Å²) in [6.07, 6.45) is -2.95. The average molecular weight is 929 g/mol. The third-order valence-electron chi connectivity index (χ3n) is 12.4. The number of amides is 8. The third kappa shape index (κ3) is 14.6. The number of esters is 1. The fourth-order valence-corrected chi connectivity index (χ4v) is 7.87. The van der Waals surface area contributed by atoms with Crippen LogP contribution in [-0.2, 0) is 54.3 Å². The van der Waals surface area contributed by atoms with Crippen LogP contribution in [-0.4, -0.2) is 135 Å². The Morgan fingerprint density at radius 2 is 1.47 bits per heavy atom. The first-order valence-electron chi connectivity index (χ1n) is 23.0. The summed E-state index contributed by atoms with van der Waals surface area (Å²) in [5.74, 6) is -9.27. The molecule has 0 aromatic heterocycles. The minimum atomic E-state index is -1.74. The van der Waals surface area contributed by atoms with Gasteiger partial charge in [0.15, 0.2) is 0 Å². The van der Waals surface area contributed by atoms with Gasteiger partial charge in [-0.3, -0.25) is 38.4 Å². The lowest BCUT2D eigenvalue weighted by atomic mass is 9.91. The Labute approximate surface area is 387 Å². The number of piperidine rings is 1. The molecule has 2 saturated heterocycles. The Morgan fingerprint density at radius 3 is 2.03 bits per heavy atom. The first kappa shape index (κ1) is 54.5. The Balaban J connectivity index is 2.27. The van der Waals surface area contributed by atoms with E-state index in [4.69, 9.17) is 10.5 Å². The van der Waals surface area contributed by atoms with Crippen molar-refractivity contribution in [2.45, 2.75) is 168 Å². The summed E-state index contributed by atoms with van der Waals surface area (Å²) in [6, 6.07) is -3.79. The van der Waals surface area contributed by atoms with Crippen LogP contribution in [0.1, 0.15) is 113 Å². The first-order valence-corrected chi connectivity index (χ1v) is 23.0. The van der Waals surface area contributed by atoms with Crippen molar-refractivity contribution in [1.82, 2.24) is 36.4 Å². The lowest BCUT2D eigenvalue weighted by molar-refractivity contribution is -0.168. The molecule has 0 saturated carbocycles. The molecule has 11 atom stereocenters. The van der Waals surface area contributed by atoms with Crippen LogP contribution in [0.25, 0.3) is 0 Å². The van der Waals surface area contributed by atoms with Crippen LogP contribution in [0.4, 0.5) is 0 Å². The average Bonchev–Trinajstić information content (AvgIpc) is 3.25. The summed E-state index contributed by atoms with van der Waals surface area (Å²) >= 11 is 0. The van der Waals surface area contributed by atoms with Crippen molar-refractivity contribution in [2.75, 3.05) is 7.05 Å². The van der Waals surface area contributed by atoms with Crippen molar-refractivity contribution < 1.29 is 58.1 Å². The number of nitrogens with one attached hydrogen (secondary N) is 5. The molecule has 2 bridgehead atoms. The van der Waals surface area contributed by atoms with E-state index in [-0.39, 0.29) is 50.2 Å². The van der Waals surface area contributed by atoms with Crippen LogP contribution in [0.3, 0.4) is 0 Å². The Bertz CT molecular complexity index is 1910. The molecular weight excluding hydrogens is 857 g/mol. The fourth-order valence-electron chi connectivity index (χ4n) is 7.87. The van der Waals surface area contributed by atoms with Gasteiger partial charge in [0, 0.05) is 25.8 Å². The maximum Gasteiger partial charge on any atom is 0.329 e. The largest absolute Gasteiger partial charge is 0.508 e. The number of hydrogen-bond donors (Lipinski definition) is 8. The number of carbonyl (C=O) groups is 9. The van der Waals surface area contributed by atoms with E-state index in [1.807, 2.05) is 0 Å². The number of cyclic esters (lactones) is 1. The van der Waals surface area contributed by atoms with Gasteiger partial charge in [-0.1, -0.05) is 80.4 Å². The zero-order valence-corrected chi connectivity index (χ0v) is 39.9. The number of nitrogens with two attached hydrogens (primary N) is 1. The van der Waals surface area contributed by atoms with E-state index in [0.29, 0.717) is 18.4 Å². The number of aliphatic hydroxyl groups is 1. The summed E-state index contributed by atoms with van der Waals surface area (Å²) in [5, 5.41) is 34.7. The van der Waals surface area contributed by atoms with Crippen LogP contribution in [0.5, 0.6) is 5.75 Å². The van der Waals surface area contributed by atoms with E-state index >= 15 is 0 Å². The molecule has 8 amide bonds. The standard InChI is InChI=1S/C46H72N8O12/c1-11-25(7)36-46(65)66-27(9)37(52-40(59)30(17-19-34(47)56)48-39(58)24(5)6)43(62)50-32(21-23(3)4)41(60)49-31-18-20-35(57)54(44(31)63)38(26(8)12-2)45(64)53(10)33(42(61)51-36)22-28-13-15-29(55)16-14-28/h13-16,23-27,30-33,35-38,55,57H,11-12,17-22H2,1-10H3,(H2,47,56)(H,48,58)(H,49,60)(H,50,62)(H,51,61)(H,52,59)/t25?,26?,27-,30+,31?,32+,33?,35+,36+,37+,38+/m1/s1. The zero-order valence-electron chi connectivity index (χ0n) is 39.9. The Morgan fingerprint density at radius 1 is 0.848 bits per heavy atom. The molecule has 3 rings (SSSR count). The molecule has 2 aliphatic rings. The number of aliphatic hydroxyl groups excluding tert-OH is 1. The smallest absolute Gasteiger partial charge is 0.329 e. The van der Waals surface area contributed by atoms with Crippen LogP contribution in [0, 0.1) is 23.7 Å². The summed E-state index contributed by atoms with van der Waals surface area (Å²) < 4.78 is 5.91. The van der Waals surface area contributed by atoms with Crippen molar-refractivity contribution in [2.24, 2.45) is 29.4 Å². The number of hydrogen-bond acceptors (Lipinski definition) is 12. The van der Waals surface area contributed by atoms with Gasteiger partial charge in [0.05, 0.1) is 0 Å². The van der Waals surface area contributed by atoms with Crippen LogP contribution in [0.15, 0.2) is 24.3 Å². The van der Waals surface area contributed by atoms with Crippen LogP contribution < -0.4 is 32.3 Å². The van der Waals surface area contributed by atoms with Crippen molar-refractivity contribution in [1.29, 1.82) is 0 Å². The van der Waals surface area contributed by atoms with E-state index in [0.717, 1.165) is 9.80 Å². The number of carbonyl (C=O) groups excluding carboxylic acids is 9. The van der Waals surface area contributed by atoms with Crippen molar-refractivity contribution >= 4 is 53.2 Å². The Kier molecular flexibility index (Phi) is 20.4. The molecule has 20 heteroatoms. The molecule has 9 N–H and O–H groups in total. The number of nitrogens with zero attached hydrogens (tertiary/aromatic N) is 2. The highest BCUT2D eigenvalue weighted by molar-refractivity contribution is 5.98. The topological polar surface area (TPSA) is 296 Å². The highest BCUT2D eigenvalue weighted by atomic mass is 16.5. The number of phenols is 1. The Hall–Kier alpha value is -5.79. The van der Waals surface area contributed by atoms with Crippen molar-refractivity contribution in [3.05, 3.63) is 29.8 Å². The van der Waals surface area contributed by atoms with Gasteiger partial charge >= 0.3 is 5.97 Å². The predicted molar refractivity (Wildman–Crippen MR) is 241 cm³/mol. The third-order valence-corrected chi connectivity index (χ3v) is 12.4. The number of ether oxygens (including phenoxy) is 1. The summed E-state index contributed by atoms with van der Waals surface area (Å²) in [4.78, 5) is 128. The SMILES string of the molecule is CCC(C)[C@@H]1NC(=O)C(Cc2ccc(O)cc2)N(C)C(=O)[C@H](C(C)CC)N2C(=O)C(CC[C@@H]2O)NC(=O)[C@H](CC(C)C)NC(=O)[C@@H](NC(=O)[C@H](CCC(N)=O)NC(=O)C(C)C)[C@@H](C)OC1=O. The molecule has 2 aliphatic heterocycles. The van der Waals surface area contributed by atoms with E-state index in [1.54, 1.807) is 67.5 Å². The number of phenolic OH excluding ortho intramolecular Hbond substituents is 1. The molecule has 4 unspecified atom stereocenters. The predicted octanol–water partition coefficient (Wildman–Crippen LogP) is 0.500. The molecule has 0 aliphatic carbocycles. The number of primary amides is 1. The highest BCUT2D eigenvalue weighted by Gasteiger charge is 2.47. The summed E-state index contributed by atoms with van der Waals surface area (Å²) in [6.45, 7) is 15.0.